The summed E-state index contributed by atoms with van der Waals surface area (Å²) in [5, 5.41) is 2.79. The lowest BCUT2D eigenvalue weighted by atomic mass is 10.1. The van der Waals surface area contributed by atoms with Crippen molar-refractivity contribution >= 4 is 17.5 Å². The second kappa shape index (κ2) is 7.89. The van der Waals surface area contributed by atoms with Crippen LogP contribution >= 0.6 is 0 Å². The van der Waals surface area contributed by atoms with Crippen molar-refractivity contribution in [1.29, 1.82) is 0 Å². The van der Waals surface area contributed by atoms with Gasteiger partial charge in [-0.3, -0.25) is 9.59 Å². The van der Waals surface area contributed by atoms with E-state index in [1.165, 1.54) is 17.0 Å². The first kappa shape index (κ1) is 20.1. The Morgan fingerprint density at radius 3 is 2.70 bits per heavy atom. The molecule has 9 heteroatoms. The Kier molecular flexibility index (Phi) is 5.27. The highest BCUT2D eigenvalue weighted by Gasteiger charge is 2.37. The molecule has 1 unspecified atom stereocenters. The standard InChI is InChI=1S/C21H19F3N2O4/c22-21(23,24)15-4-2-5-16(10-15)26-12-14(9-18(26)27)20(28)25-11-13-3-1-6-17-19(13)30-8-7-29-17/h1-6,10,14H,7-9,11-12H2,(H,25,28). The van der Waals surface area contributed by atoms with Crippen LogP contribution in [0, 0.1) is 5.92 Å². The molecule has 1 fully saturated rings. The molecule has 158 valence electrons. The van der Waals surface area contributed by atoms with Gasteiger partial charge in [0.15, 0.2) is 11.5 Å². The van der Waals surface area contributed by atoms with Crippen LogP contribution in [0.3, 0.4) is 0 Å². The quantitative estimate of drug-likeness (QED) is 0.825. The zero-order valence-corrected chi connectivity index (χ0v) is 15.9. The van der Waals surface area contributed by atoms with Crippen LogP contribution in [0.25, 0.3) is 0 Å². The number of amides is 2. The van der Waals surface area contributed by atoms with Crippen molar-refractivity contribution in [2.24, 2.45) is 5.92 Å². The van der Waals surface area contributed by atoms with Crippen molar-refractivity contribution in [3.8, 4) is 11.5 Å². The molecule has 0 saturated carbocycles. The Morgan fingerprint density at radius 1 is 1.13 bits per heavy atom. The molecule has 2 aromatic carbocycles. The Morgan fingerprint density at radius 2 is 1.90 bits per heavy atom. The number of halogens is 3. The maximum absolute atomic E-state index is 13.0. The van der Waals surface area contributed by atoms with Crippen molar-refractivity contribution in [3.05, 3.63) is 53.6 Å². The Balaban J connectivity index is 1.42. The minimum absolute atomic E-state index is 0.0263. The summed E-state index contributed by atoms with van der Waals surface area (Å²) in [7, 11) is 0. The second-order valence-electron chi connectivity index (χ2n) is 7.11. The number of benzene rings is 2. The number of hydrogen-bond acceptors (Lipinski definition) is 4. The number of carbonyl (C=O) groups excluding carboxylic acids is 2. The molecule has 2 heterocycles. The molecule has 1 N–H and O–H groups in total. The van der Waals surface area contributed by atoms with Crippen LogP contribution in [-0.4, -0.2) is 31.6 Å². The third-order valence-electron chi connectivity index (χ3n) is 5.08. The summed E-state index contributed by atoms with van der Waals surface area (Å²) in [4.78, 5) is 26.2. The normalized spacial score (nSPS) is 18.4. The highest BCUT2D eigenvalue weighted by atomic mass is 19.4. The summed E-state index contributed by atoms with van der Waals surface area (Å²) < 4.78 is 50.0. The number of alkyl halides is 3. The first-order valence-electron chi connectivity index (χ1n) is 9.46. The molecule has 0 aliphatic carbocycles. The summed E-state index contributed by atoms with van der Waals surface area (Å²) in [6.07, 6.45) is -4.56. The Bertz CT molecular complexity index is 977. The van der Waals surface area contributed by atoms with Gasteiger partial charge in [-0.1, -0.05) is 18.2 Å². The molecule has 2 amide bonds. The molecule has 0 radical (unpaired) electrons. The van der Waals surface area contributed by atoms with Gasteiger partial charge in [-0.05, 0) is 24.3 Å². The van der Waals surface area contributed by atoms with Gasteiger partial charge in [0, 0.05) is 30.8 Å². The third kappa shape index (κ3) is 4.05. The number of carbonyl (C=O) groups is 2. The number of hydrogen-bond donors (Lipinski definition) is 1. The first-order chi connectivity index (χ1) is 14.3. The van der Waals surface area contributed by atoms with Gasteiger partial charge in [0.25, 0.3) is 0 Å². The topological polar surface area (TPSA) is 67.9 Å². The number of nitrogens with zero attached hydrogens (tertiary/aromatic N) is 1. The van der Waals surface area contributed by atoms with Crippen molar-refractivity contribution in [3.63, 3.8) is 0 Å². The average Bonchev–Trinajstić information content (AvgIpc) is 3.13. The van der Waals surface area contributed by atoms with Gasteiger partial charge in [-0.2, -0.15) is 13.2 Å². The summed E-state index contributed by atoms with van der Waals surface area (Å²) in [5.74, 6) is -0.184. The minimum atomic E-state index is -4.50. The Hall–Kier alpha value is -3.23. The van der Waals surface area contributed by atoms with Crippen LogP contribution in [0.15, 0.2) is 42.5 Å². The molecule has 0 bridgehead atoms. The van der Waals surface area contributed by atoms with Gasteiger partial charge < -0.3 is 19.7 Å². The summed E-state index contributed by atoms with van der Waals surface area (Å²) >= 11 is 0. The smallest absolute Gasteiger partial charge is 0.416 e. The van der Waals surface area contributed by atoms with Gasteiger partial charge in [0.2, 0.25) is 11.8 Å². The van der Waals surface area contributed by atoms with Crippen LogP contribution in [-0.2, 0) is 22.3 Å². The van der Waals surface area contributed by atoms with E-state index in [9.17, 15) is 22.8 Å². The van der Waals surface area contributed by atoms with Gasteiger partial charge in [0.05, 0.1) is 11.5 Å². The van der Waals surface area contributed by atoms with E-state index < -0.39 is 17.7 Å². The van der Waals surface area contributed by atoms with Crippen molar-refractivity contribution in [1.82, 2.24) is 5.32 Å². The fourth-order valence-corrected chi connectivity index (χ4v) is 3.58. The van der Waals surface area contributed by atoms with E-state index in [4.69, 9.17) is 9.47 Å². The maximum Gasteiger partial charge on any atom is 0.416 e. The first-order valence-corrected chi connectivity index (χ1v) is 9.46. The highest BCUT2D eigenvalue weighted by Crippen LogP contribution is 2.35. The molecule has 6 nitrogen and oxygen atoms in total. The number of ether oxygens (including phenoxy) is 2. The predicted molar refractivity (Wildman–Crippen MR) is 101 cm³/mol. The summed E-state index contributed by atoms with van der Waals surface area (Å²) in [6, 6.07) is 9.93. The summed E-state index contributed by atoms with van der Waals surface area (Å²) in [6.45, 7) is 1.09. The van der Waals surface area contributed by atoms with Crippen LogP contribution in [0.5, 0.6) is 11.5 Å². The van der Waals surface area contributed by atoms with Gasteiger partial charge in [-0.25, -0.2) is 0 Å². The van der Waals surface area contributed by atoms with Crippen molar-refractivity contribution < 1.29 is 32.2 Å². The molecule has 0 spiro atoms. The van der Waals surface area contributed by atoms with E-state index in [2.05, 4.69) is 5.32 Å². The SMILES string of the molecule is O=C(NCc1cccc2c1OCCO2)C1CC(=O)N(c2cccc(C(F)(F)F)c2)C1. The third-order valence-corrected chi connectivity index (χ3v) is 5.08. The van der Waals surface area contributed by atoms with E-state index in [-0.39, 0.29) is 37.0 Å². The molecular formula is C21H19F3N2O4. The molecular weight excluding hydrogens is 401 g/mol. The van der Waals surface area contributed by atoms with Crippen LogP contribution in [0.4, 0.5) is 18.9 Å². The number of para-hydroxylation sites is 1. The van der Waals surface area contributed by atoms with Gasteiger partial charge in [0.1, 0.15) is 13.2 Å². The van der Waals surface area contributed by atoms with Crippen LogP contribution in [0.2, 0.25) is 0 Å². The largest absolute Gasteiger partial charge is 0.486 e. The fourth-order valence-electron chi connectivity index (χ4n) is 3.58. The van der Waals surface area contributed by atoms with Gasteiger partial charge in [-0.15, -0.1) is 0 Å². The molecule has 2 aromatic rings. The highest BCUT2D eigenvalue weighted by molar-refractivity contribution is 6.00. The lowest BCUT2D eigenvalue weighted by Crippen LogP contribution is -2.33. The Labute approximate surface area is 170 Å². The lowest BCUT2D eigenvalue weighted by molar-refractivity contribution is -0.137. The summed E-state index contributed by atoms with van der Waals surface area (Å²) in [5.41, 5.74) is 0.0455. The van der Waals surface area contributed by atoms with E-state index in [1.807, 2.05) is 6.07 Å². The molecule has 30 heavy (non-hydrogen) atoms. The number of fused-ring (bicyclic) bond motifs is 1. The fraction of sp³-hybridized carbons (Fsp3) is 0.333. The lowest BCUT2D eigenvalue weighted by Gasteiger charge is -2.21. The van der Waals surface area contributed by atoms with E-state index in [1.54, 1.807) is 12.1 Å². The second-order valence-corrected chi connectivity index (χ2v) is 7.11. The number of anilines is 1. The van der Waals surface area contributed by atoms with Gasteiger partial charge >= 0.3 is 6.18 Å². The maximum atomic E-state index is 13.0. The van der Waals surface area contributed by atoms with Crippen LogP contribution in [0.1, 0.15) is 17.5 Å². The minimum Gasteiger partial charge on any atom is -0.486 e. The van der Waals surface area contributed by atoms with E-state index in [0.29, 0.717) is 24.7 Å². The van der Waals surface area contributed by atoms with E-state index in [0.717, 1.165) is 17.7 Å². The van der Waals surface area contributed by atoms with E-state index >= 15 is 0 Å². The zero-order valence-electron chi connectivity index (χ0n) is 15.9. The number of nitrogens with one attached hydrogen (secondary N) is 1. The van der Waals surface area contributed by atoms with Crippen LogP contribution < -0.4 is 19.7 Å². The molecule has 0 aromatic heterocycles. The van der Waals surface area contributed by atoms with Crippen molar-refractivity contribution in [2.75, 3.05) is 24.7 Å². The zero-order chi connectivity index (χ0) is 21.3. The number of rotatable bonds is 4. The predicted octanol–water partition coefficient (Wildman–Crippen LogP) is 3.15. The molecule has 2 aliphatic heterocycles. The van der Waals surface area contributed by atoms with Crippen molar-refractivity contribution in [2.45, 2.75) is 19.1 Å². The molecule has 4 rings (SSSR count). The average molecular weight is 420 g/mol. The molecule has 1 saturated heterocycles. The molecule has 2 aliphatic rings. The monoisotopic (exact) mass is 420 g/mol. The molecule has 1 atom stereocenters.